The Labute approximate surface area is 92.3 Å². The first-order valence-electron chi connectivity index (χ1n) is 3.78. The van der Waals surface area contributed by atoms with Gasteiger partial charge in [0.15, 0.2) is 0 Å². The lowest BCUT2D eigenvalue weighted by molar-refractivity contribution is 0.0696. The van der Waals surface area contributed by atoms with Crippen LogP contribution in [0.3, 0.4) is 0 Å². The molecule has 0 saturated heterocycles. The maximum Gasteiger partial charge on any atom is 0.337 e. The van der Waals surface area contributed by atoms with Crippen LogP contribution >= 0.6 is 24.2 Å². The van der Waals surface area contributed by atoms with Crippen molar-refractivity contribution in [3.05, 3.63) is 34.3 Å². The second-order valence-electron chi connectivity index (χ2n) is 2.43. The van der Waals surface area contributed by atoms with E-state index in [9.17, 15) is 4.79 Å². The van der Waals surface area contributed by atoms with E-state index in [1.807, 2.05) is 0 Å². The van der Waals surface area contributed by atoms with Crippen molar-refractivity contribution in [3.8, 4) is 11.8 Å². The van der Waals surface area contributed by atoms with Crippen LogP contribution in [0.15, 0.2) is 18.2 Å². The van der Waals surface area contributed by atoms with Gasteiger partial charge in [0.1, 0.15) is 0 Å². The summed E-state index contributed by atoms with van der Waals surface area (Å²) in [5, 5.41) is 9.19. The molecule has 1 rings (SSSR count). The Kier molecular flexibility index (Phi) is 3.87. The quantitative estimate of drug-likeness (QED) is 0.570. The number of benzene rings is 1. The molecule has 1 aromatic rings. The lowest BCUT2D eigenvalue weighted by Crippen LogP contribution is -2.00. The molecule has 0 saturated carbocycles. The first-order valence-corrected chi connectivity index (χ1v) is 4.79. The number of rotatable bonds is 1. The Balaban J connectivity index is 3.29. The standard InChI is InChI=1S/C10H7ClO2S/c11-9-5-1-3-8(10(12)13)7(9)4-2-6-14/h1,3,5,14H,6H2,(H,12,13). The van der Waals surface area contributed by atoms with Crippen molar-refractivity contribution in [3.63, 3.8) is 0 Å². The Morgan fingerprint density at radius 2 is 2.29 bits per heavy atom. The first-order chi connectivity index (χ1) is 6.66. The largest absolute Gasteiger partial charge is 0.478 e. The van der Waals surface area contributed by atoms with Gasteiger partial charge in [0.05, 0.1) is 21.9 Å². The number of thiol groups is 1. The number of hydrogen-bond acceptors (Lipinski definition) is 2. The molecule has 0 aliphatic carbocycles. The maximum atomic E-state index is 10.8. The monoisotopic (exact) mass is 226 g/mol. The highest BCUT2D eigenvalue weighted by atomic mass is 35.5. The molecule has 4 heteroatoms. The SMILES string of the molecule is O=C(O)c1cccc(Cl)c1C#CCS. The average Bonchev–Trinajstić information content (AvgIpc) is 2.15. The molecule has 0 heterocycles. The van der Waals surface area contributed by atoms with Gasteiger partial charge in [-0.15, -0.1) is 0 Å². The highest BCUT2D eigenvalue weighted by Gasteiger charge is 2.10. The Bertz CT molecular complexity index is 418. The Morgan fingerprint density at radius 3 is 2.86 bits per heavy atom. The van der Waals surface area contributed by atoms with Crippen LogP contribution in [0.2, 0.25) is 5.02 Å². The van der Waals surface area contributed by atoms with Gasteiger partial charge in [0, 0.05) is 0 Å². The van der Waals surface area contributed by atoms with E-state index in [-0.39, 0.29) is 5.56 Å². The lowest BCUT2D eigenvalue weighted by atomic mass is 10.1. The summed E-state index contributed by atoms with van der Waals surface area (Å²) in [7, 11) is 0. The van der Waals surface area contributed by atoms with Crippen molar-refractivity contribution in [1.82, 2.24) is 0 Å². The van der Waals surface area contributed by atoms with Crippen molar-refractivity contribution in [2.45, 2.75) is 0 Å². The van der Waals surface area contributed by atoms with E-state index < -0.39 is 5.97 Å². The van der Waals surface area contributed by atoms with Crippen LogP contribution < -0.4 is 0 Å². The predicted molar refractivity (Wildman–Crippen MR) is 59.1 cm³/mol. The fourth-order valence-corrected chi connectivity index (χ4v) is 1.26. The van der Waals surface area contributed by atoms with Gasteiger partial charge in [0.25, 0.3) is 0 Å². The summed E-state index contributed by atoms with van der Waals surface area (Å²) in [5.41, 5.74) is 0.461. The molecule has 0 aromatic heterocycles. The van der Waals surface area contributed by atoms with Crippen LogP contribution in [-0.4, -0.2) is 16.8 Å². The third kappa shape index (κ3) is 2.44. The molecule has 72 valence electrons. The van der Waals surface area contributed by atoms with E-state index in [2.05, 4.69) is 24.5 Å². The number of aromatic carboxylic acids is 1. The van der Waals surface area contributed by atoms with Crippen molar-refractivity contribution in [1.29, 1.82) is 0 Å². The zero-order chi connectivity index (χ0) is 10.6. The summed E-state index contributed by atoms with van der Waals surface area (Å²) in [6, 6.07) is 4.66. The minimum Gasteiger partial charge on any atom is -0.478 e. The normalized spacial score (nSPS) is 9.00. The van der Waals surface area contributed by atoms with Crippen molar-refractivity contribution >= 4 is 30.2 Å². The molecule has 0 bridgehead atoms. The molecule has 1 aromatic carbocycles. The highest BCUT2D eigenvalue weighted by Crippen LogP contribution is 2.18. The molecule has 0 atom stereocenters. The zero-order valence-corrected chi connectivity index (χ0v) is 8.77. The molecule has 0 spiro atoms. The second kappa shape index (κ2) is 4.94. The second-order valence-corrected chi connectivity index (χ2v) is 3.15. The molecule has 0 radical (unpaired) electrons. The van der Waals surface area contributed by atoms with Gasteiger partial charge in [-0.3, -0.25) is 0 Å². The van der Waals surface area contributed by atoms with Crippen LogP contribution in [0, 0.1) is 11.8 Å². The molecule has 0 aliphatic rings. The molecular formula is C10H7ClO2S. The van der Waals surface area contributed by atoms with E-state index in [1.54, 1.807) is 12.1 Å². The average molecular weight is 227 g/mol. The number of hydrogen-bond donors (Lipinski definition) is 2. The molecule has 14 heavy (non-hydrogen) atoms. The summed E-state index contributed by atoms with van der Waals surface area (Å²) in [6.07, 6.45) is 0. The topological polar surface area (TPSA) is 37.3 Å². The number of halogens is 1. The number of carbonyl (C=O) groups is 1. The van der Waals surface area contributed by atoms with E-state index in [0.29, 0.717) is 16.3 Å². The van der Waals surface area contributed by atoms with Crippen LogP contribution in [0.1, 0.15) is 15.9 Å². The summed E-state index contributed by atoms with van der Waals surface area (Å²) in [5.74, 6) is 4.67. The van der Waals surface area contributed by atoms with Gasteiger partial charge in [-0.05, 0) is 12.1 Å². The van der Waals surface area contributed by atoms with Crippen LogP contribution in [0.25, 0.3) is 0 Å². The van der Waals surface area contributed by atoms with E-state index in [4.69, 9.17) is 16.7 Å². The lowest BCUT2D eigenvalue weighted by Gasteiger charge is -2.00. The molecule has 1 N–H and O–H groups in total. The molecule has 0 amide bonds. The molecule has 2 nitrogen and oxygen atoms in total. The van der Waals surface area contributed by atoms with E-state index in [0.717, 1.165) is 0 Å². The summed E-state index contributed by atoms with van der Waals surface area (Å²) in [6.45, 7) is 0. The fourth-order valence-electron chi connectivity index (χ4n) is 0.957. The van der Waals surface area contributed by atoms with Crippen molar-refractivity contribution in [2.24, 2.45) is 0 Å². The summed E-state index contributed by atoms with van der Waals surface area (Å²) in [4.78, 5) is 10.8. The molecule has 0 unspecified atom stereocenters. The van der Waals surface area contributed by atoms with Crippen LogP contribution in [-0.2, 0) is 0 Å². The van der Waals surface area contributed by atoms with Crippen molar-refractivity contribution in [2.75, 3.05) is 5.75 Å². The first kappa shape index (κ1) is 11.0. The highest BCUT2D eigenvalue weighted by molar-refractivity contribution is 7.80. The maximum absolute atomic E-state index is 10.8. The minimum absolute atomic E-state index is 0.117. The summed E-state index contributed by atoms with van der Waals surface area (Å²) >= 11 is 9.73. The third-order valence-electron chi connectivity index (χ3n) is 1.54. The van der Waals surface area contributed by atoms with Crippen molar-refractivity contribution < 1.29 is 9.90 Å². The predicted octanol–water partition coefficient (Wildman–Crippen LogP) is 2.32. The molecule has 0 fully saturated rings. The van der Waals surface area contributed by atoms with Gasteiger partial charge < -0.3 is 5.11 Å². The molecular weight excluding hydrogens is 220 g/mol. The van der Waals surface area contributed by atoms with E-state index >= 15 is 0 Å². The van der Waals surface area contributed by atoms with E-state index in [1.165, 1.54) is 6.07 Å². The number of carboxylic acids is 1. The summed E-state index contributed by atoms with van der Waals surface area (Å²) < 4.78 is 0. The fraction of sp³-hybridized carbons (Fsp3) is 0.100. The van der Waals surface area contributed by atoms with Gasteiger partial charge in [-0.25, -0.2) is 4.79 Å². The van der Waals surface area contributed by atoms with Gasteiger partial charge in [0.2, 0.25) is 0 Å². The zero-order valence-electron chi connectivity index (χ0n) is 7.12. The number of carboxylic acid groups (broad SMARTS) is 1. The minimum atomic E-state index is -1.03. The van der Waals surface area contributed by atoms with Crippen LogP contribution in [0.4, 0.5) is 0 Å². The molecule has 0 aliphatic heterocycles. The van der Waals surface area contributed by atoms with Gasteiger partial charge in [-0.2, -0.15) is 12.6 Å². The smallest absolute Gasteiger partial charge is 0.337 e. The van der Waals surface area contributed by atoms with Gasteiger partial charge in [-0.1, -0.05) is 29.5 Å². The van der Waals surface area contributed by atoms with Gasteiger partial charge >= 0.3 is 5.97 Å². The third-order valence-corrected chi connectivity index (χ3v) is 2.01. The Morgan fingerprint density at radius 1 is 1.57 bits per heavy atom. The Hall–Kier alpha value is -1.11. The van der Waals surface area contributed by atoms with Crippen LogP contribution in [0.5, 0.6) is 0 Å².